The molecule has 0 saturated carbocycles. The molecule has 3 aromatic heterocycles. The molecule has 12 rings (SSSR count). The van der Waals surface area contributed by atoms with Gasteiger partial charge in [0.05, 0.1) is 22.1 Å². The molecule has 0 atom stereocenters. The van der Waals surface area contributed by atoms with Crippen molar-refractivity contribution in [2.75, 3.05) is 0 Å². The Morgan fingerprint density at radius 2 is 0.873 bits per heavy atom. The van der Waals surface area contributed by atoms with Crippen molar-refractivity contribution in [1.82, 2.24) is 9.13 Å². The lowest BCUT2D eigenvalue weighted by Gasteiger charge is -2.11. The van der Waals surface area contributed by atoms with E-state index >= 15 is 0 Å². The van der Waals surface area contributed by atoms with Crippen LogP contribution in [-0.4, -0.2) is 9.13 Å². The molecule has 0 amide bonds. The highest BCUT2D eigenvalue weighted by Crippen LogP contribution is 2.42. The second-order valence-electron chi connectivity index (χ2n) is 14.5. The van der Waals surface area contributed by atoms with Gasteiger partial charge in [-0.1, -0.05) is 127 Å². The van der Waals surface area contributed by atoms with Crippen LogP contribution < -0.4 is 0 Å². The van der Waals surface area contributed by atoms with Crippen LogP contribution in [0.1, 0.15) is 0 Å². The molecule has 0 saturated heterocycles. The number of rotatable bonds is 4. The third-order valence-corrected chi connectivity index (χ3v) is 12.7. The molecule has 0 aliphatic carbocycles. The van der Waals surface area contributed by atoms with Crippen LogP contribution in [0.4, 0.5) is 0 Å². The molecule has 55 heavy (non-hydrogen) atoms. The molecule has 0 unspecified atom stereocenters. The van der Waals surface area contributed by atoms with Crippen LogP contribution in [0.5, 0.6) is 0 Å². The topological polar surface area (TPSA) is 9.86 Å². The van der Waals surface area contributed by atoms with Crippen molar-refractivity contribution in [3.8, 4) is 33.6 Å². The Labute approximate surface area is 321 Å². The van der Waals surface area contributed by atoms with Gasteiger partial charge < -0.3 is 9.13 Å². The van der Waals surface area contributed by atoms with Gasteiger partial charge in [0.15, 0.2) is 0 Å². The first-order valence-corrected chi connectivity index (χ1v) is 19.7. The van der Waals surface area contributed by atoms with Gasteiger partial charge in [0, 0.05) is 58.5 Å². The maximum atomic E-state index is 2.49. The van der Waals surface area contributed by atoms with Gasteiger partial charge >= 0.3 is 0 Å². The summed E-state index contributed by atoms with van der Waals surface area (Å²) in [6.45, 7) is 0. The Balaban J connectivity index is 1.04. The van der Waals surface area contributed by atoms with E-state index in [-0.39, 0.29) is 0 Å². The van der Waals surface area contributed by atoms with E-state index in [0.717, 1.165) is 5.69 Å². The molecule has 0 aliphatic heterocycles. The van der Waals surface area contributed by atoms with Crippen molar-refractivity contribution in [1.29, 1.82) is 0 Å². The van der Waals surface area contributed by atoms with Crippen LogP contribution >= 0.6 is 11.3 Å². The van der Waals surface area contributed by atoms with E-state index < -0.39 is 0 Å². The molecule has 2 nitrogen and oxygen atoms in total. The fraction of sp³-hybridized carbons (Fsp3) is 0. The number of fused-ring (bicyclic) bond motifs is 11. The number of thiophene rings is 1. The van der Waals surface area contributed by atoms with E-state index in [4.69, 9.17) is 0 Å². The van der Waals surface area contributed by atoms with Crippen LogP contribution in [0, 0.1) is 0 Å². The Bertz CT molecular complexity index is 3470. The summed E-state index contributed by atoms with van der Waals surface area (Å²) in [6, 6.07) is 71.5. The van der Waals surface area contributed by atoms with Crippen molar-refractivity contribution in [3.63, 3.8) is 0 Å². The van der Waals surface area contributed by atoms with Crippen LogP contribution in [0.15, 0.2) is 194 Å². The lowest BCUT2D eigenvalue weighted by Crippen LogP contribution is -1.94. The van der Waals surface area contributed by atoms with E-state index in [1.54, 1.807) is 0 Å². The minimum Gasteiger partial charge on any atom is -0.309 e. The average molecular weight is 717 g/mol. The zero-order valence-corrected chi connectivity index (χ0v) is 30.6. The second-order valence-corrected chi connectivity index (χ2v) is 15.6. The van der Waals surface area contributed by atoms with Crippen molar-refractivity contribution >= 4 is 85.9 Å². The molecule has 0 spiro atoms. The molecule has 3 heterocycles. The van der Waals surface area contributed by atoms with Gasteiger partial charge in [-0.2, -0.15) is 0 Å². The van der Waals surface area contributed by atoms with E-state index in [1.165, 1.54) is 102 Å². The summed E-state index contributed by atoms with van der Waals surface area (Å²) < 4.78 is 7.54. The van der Waals surface area contributed by atoms with E-state index in [2.05, 4.69) is 203 Å². The highest BCUT2D eigenvalue weighted by atomic mass is 32.1. The van der Waals surface area contributed by atoms with E-state index in [9.17, 15) is 0 Å². The van der Waals surface area contributed by atoms with E-state index in [0.29, 0.717) is 0 Å². The smallest absolute Gasteiger partial charge is 0.0619 e. The highest BCUT2D eigenvalue weighted by molar-refractivity contribution is 7.25. The predicted molar refractivity (Wildman–Crippen MR) is 236 cm³/mol. The second kappa shape index (κ2) is 11.8. The summed E-state index contributed by atoms with van der Waals surface area (Å²) in [4.78, 5) is 0. The number of benzene rings is 9. The van der Waals surface area contributed by atoms with Gasteiger partial charge in [-0.15, -0.1) is 11.3 Å². The van der Waals surface area contributed by atoms with Crippen LogP contribution in [0.25, 0.3) is 108 Å². The summed E-state index contributed by atoms with van der Waals surface area (Å²) in [5, 5.41) is 10.2. The monoisotopic (exact) mass is 716 g/mol. The summed E-state index contributed by atoms with van der Waals surface area (Å²) >= 11 is 1.87. The Morgan fingerprint density at radius 1 is 0.291 bits per heavy atom. The molecular weight excluding hydrogens is 685 g/mol. The molecule has 0 fully saturated rings. The van der Waals surface area contributed by atoms with Crippen LogP contribution in [0.2, 0.25) is 0 Å². The highest BCUT2D eigenvalue weighted by Gasteiger charge is 2.18. The fourth-order valence-corrected chi connectivity index (χ4v) is 10.0. The maximum absolute atomic E-state index is 2.49. The first kappa shape index (κ1) is 30.5. The van der Waals surface area contributed by atoms with Gasteiger partial charge in [-0.3, -0.25) is 0 Å². The zero-order valence-electron chi connectivity index (χ0n) is 29.8. The van der Waals surface area contributed by atoms with Crippen molar-refractivity contribution < 1.29 is 0 Å². The third-order valence-electron chi connectivity index (χ3n) is 11.5. The van der Waals surface area contributed by atoms with Gasteiger partial charge in [-0.05, 0) is 94.4 Å². The normalized spacial score (nSPS) is 12.0. The van der Waals surface area contributed by atoms with Gasteiger partial charge in [0.1, 0.15) is 0 Å². The Morgan fingerprint density at radius 3 is 1.69 bits per heavy atom. The minimum absolute atomic E-state index is 1.16. The predicted octanol–water partition coefficient (Wildman–Crippen LogP) is 14.7. The summed E-state index contributed by atoms with van der Waals surface area (Å²) in [7, 11) is 0. The van der Waals surface area contributed by atoms with Crippen LogP contribution in [-0.2, 0) is 0 Å². The molecule has 12 aromatic rings. The quantitative estimate of drug-likeness (QED) is 0.172. The molecule has 9 aromatic carbocycles. The fourth-order valence-electron chi connectivity index (χ4n) is 8.95. The number of hydrogen-bond donors (Lipinski definition) is 0. The lowest BCUT2D eigenvalue weighted by atomic mass is 10.00. The summed E-state index contributed by atoms with van der Waals surface area (Å²) in [6.07, 6.45) is 0. The molecule has 0 aliphatic rings. The largest absolute Gasteiger partial charge is 0.309 e. The molecule has 3 heteroatoms. The third kappa shape index (κ3) is 4.60. The van der Waals surface area contributed by atoms with Crippen molar-refractivity contribution in [2.24, 2.45) is 0 Å². The summed E-state index contributed by atoms with van der Waals surface area (Å²) in [5.41, 5.74) is 12.1. The summed E-state index contributed by atoms with van der Waals surface area (Å²) in [5.74, 6) is 0. The van der Waals surface area contributed by atoms with Gasteiger partial charge in [0.2, 0.25) is 0 Å². The first-order valence-electron chi connectivity index (χ1n) is 18.8. The molecule has 0 bridgehead atoms. The first-order chi connectivity index (χ1) is 27.3. The SMILES string of the molecule is c1ccc(-c2ccc(-n3c4ccccc4c4cc(-c5ccc6c(c5)c5ccc7ccccc7c5n6-c5ccc6sc7ccccc7c6c5)ccc43)cc2)cc1. The molecular formula is C52H32N2S. The molecule has 256 valence electrons. The zero-order chi connectivity index (χ0) is 36.0. The van der Waals surface area contributed by atoms with Gasteiger partial charge in [0.25, 0.3) is 0 Å². The van der Waals surface area contributed by atoms with Gasteiger partial charge in [-0.25, -0.2) is 0 Å². The lowest BCUT2D eigenvalue weighted by molar-refractivity contribution is 1.18. The Kier molecular flexibility index (Phi) is 6.54. The molecule has 0 N–H and O–H groups in total. The van der Waals surface area contributed by atoms with Crippen molar-refractivity contribution in [3.05, 3.63) is 194 Å². The number of nitrogens with zero attached hydrogens (tertiary/aromatic N) is 2. The number of para-hydroxylation sites is 1. The molecule has 0 radical (unpaired) electrons. The standard InChI is InChI=1S/C52H32N2S/c1-2-10-33(11-3-1)34-18-23-38(24-19-34)53-47-16-8-6-14-41(47)44-30-36(21-27-48(44)53)37-22-28-49-45(31-37)43-26-20-35-12-4-5-13-40(35)52(43)54(49)39-25-29-51-46(32-39)42-15-7-9-17-50(42)55-51/h1-32H. The van der Waals surface area contributed by atoms with Crippen LogP contribution in [0.3, 0.4) is 0 Å². The number of aromatic nitrogens is 2. The Hall–Kier alpha value is -6.94. The van der Waals surface area contributed by atoms with Crippen molar-refractivity contribution in [2.45, 2.75) is 0 Å². The minimum atomic E-state index is 1.16. The maximum Gasteiger partial charge on any atom is 0.0619 e. The number of hydrogen-bond acceptors (Lipinski definition) is 1. The van der Waals surface area contributed by atoms with E-state index in [1.807, 2.05) is 11.3 Å². The average Bonchev–Trinajstić information content (AvgIpc) is 3.91.